The third kappa shape index (κ3) is 2.59. The number of piperidine rings is 1. The lowest BCUT2D eigenvalue weighted by Gasteiger charge is -2.24. The van der Waals surface area contributed by atoms with Crippen molar-refractivity contribution in [3.05, 3.63) is 34.4 Å². The molecule has 1 aromatic carbocycles. The summed E-state index contributed by atoms with van der Waals surface area (Å²) in [5.41, 5.74) is 2.69. The van der Waals surface area contributed by atoms with E-state index >= 15 is 0 Å². The lowest BCUT2D eigenvalue weighted by Crippen LogP contribution is -2.34. The SMILES string of the molecule is Cc1c(Br)c2ccccc2n1CCC1CCCCN1. The quantitative estimate of drug-likeness (QED) is 0.894. The molecule has 102 valence electrons. The first-order chi connectivity index (χ1) is 9.27. The number of rotatable bonds is 3. The smallest absolute Gasteiger partial charge is 0.0494 e. The molecule has 0 radical (unpaired) electrons. The van der Waals surface area contributed by atoms with Gasteiger partial charge in [-0.2, -0.15) is 0 Å². The molecule has 1 atom stereocenters. The van der Waals surface area contributed by atoms with E-state index in [-0.39, 0.29) is 0 Å². The van der Waals surface area contributed by atoms with E-state index in [9.17, 15) is 0 Å². The summed E-state index contributed by atoms with van der Waals surface area (Å²) < 4.78 is 3.70. The molecule has 1 unspecified atom stereocenters. The van der Waals surface area contributed by atoms with Gasteiger partial charge in [-0.15, -0.1) is 0 Å². The molecule has 1 saturated heterocycles. The first kappa shape index (κ1) is 13.2. The van der Waals surface area contributed by atoms with Crippen LogP contribution in [0.15, 0.2) is 28.7 Å². The van der Waals surface area contributed by atoms with Crippen molar-refractivity contribution in [2.24, 2.45) is 0 Å². The lowest BCUT2D eigenvalue weighted by molar-refractivity contribution is 0.367. The third-order valence-corrected chi connectivity index (χ3v) is 5.27. The minimum Gasteiger partial charge on any atom is -0.344 e. The molecule has 1 aliphatic heterocycles. The molecular formula is C16H21BrN2. The van der Waals surface area contributed by atoms with Crippen LogP contribution in [-0.2, 0) is 6.54 Å². The van der Waals surface area contributed by atoms with Gasteiger partial charge in [0.1, 0.15) is 0 Å². The zero-order valence-electron chi connectivity index (χ0n) is 11.5. The number of nitrogens with one attached hydrogen (secondary N) is 1. The van der Waals surface area contributed by atoms with E-state index < -0.39 is 0 Å². The number of aryl methyl sites for hydroxylation is 1. The molecule has 2 nitrogen and oxygen atoms in total. The summed E-state index contributed by atoms with van der Waals surface area (Å²) in [4.78, 5) is 0. The zero-order chi connectivity index (χ0) is 13.2. The molecule has 0 amide bonds. The van der Waals surface area contributed by atoms with Crippen LogP contribution in [-0.4, -0.2) is 17.2 Å². The van der Waals surface area contributed by atoms with Gasteiger partial charge in [0, 0.05) is 33.7 Å². The number of halogens is 1. The zero-order valence-corrected chi connectivity index (χ0v) is 13.0. The van der Waals surface area contributed by atoms with Gasteiger partial charge in [-0.05, 0) is 54.7 Å². The van der Waals surface area contributed by atoms with Crippen LogP contribution in [0.4, 0.5) is 0 Å². The highest BCUT2D eigenvalue weighted by Gasteiger charge is 2.15. The minimum atomic E-state index is 0.702. The lowest BCUT2D eigenvalue weighted by atomic mass is 10.0. The van der Waals surface area contributed by atoms with Crippen LogP contribution in [0, 0.1) is 6.92 Å². The topological polar surface area (TPSA) is 17.0 Å². The number of aromatic nitrogens is 1. The van der Waals surface area contributed by atoms with Crippen LogP contribution in [0.3, 0.4) is 0 Å². The Morgan fingerprint density at radius 3 is 2.95 bits per heavy atom. The van der Waals surface area contributed by atoms with Crippen molar-refractivity contribution in [2.75, 3.05) is 6.54 Å². The Kier molecular flexibility index (Phi) is 3.94. The predicted molar refractivity (Wildman–Crippen MR) is 84.6 cm³/mol. The van der Waals surface area contributed by atoms with Crippen molar-refractivity contribution in [3.8, 4) is 0 Å². The number of nitrogens with zero attached hydrogens (tertiary/aromatic N) is 1. The number of fused-ring (bicyclic) bond motifs is 1. The molecule has 1 fully saturated rings. The predicted octanol–water partition coefficient (Wildman–Crippen LogP) is 4.24. The van der Waals surface area contributed by atoms with Crippen molar-refractivity contribution < 1.29 is 0 Å². The van der Waals surface area contributed by atoms with Gasteiger partial charge in [0.05, 0.1) is 0 Å². The second-order valence-corrected chi connectivity index (χ2v) is 6.30. The Morgan fingerprint density at radius 1 is 1.32 bits per heavy atom. The second kappa shape index (κ2) is 5.68. The number of hydrogen-bond acceptors (Lipinski definition) is 1. The van der Waals surface area contributed by atoms with E-state index in [1.807, 2.05) is 0 Å². The van der Waals surface area contributed by atoms with Crippen LogP contribution < -0.4 is 5.32 Å². The third-order valence-electron chi connectivity index (χ3n) is 4.27. The highest BCUT2D eigenvalue weighted by molar-refractivity contribution is 9.10. The Morgan fingerprint density at radius 2 is 2.16 bits per heavy atom. The van der Waals surface area contributed by atoms with E-state index in [1.165, 1.54) is 53.3 Å². The summed E-state index contributed by atoms with van der Waals surface area (Å²) in [6.45, 7) is 4.51. The number of hydrogen-bond donors (Lipinski definition) is 1. The summed E-state index contributed by atoms with van der Waals surface area (Å²) in [6, 6.07) is 9.36. The number of benzene rings is 1. The summed E-state index contributed by atoms with van der Waals surface area (Å²) in [7, 11) is 0. The first-order valence-corrected chi connectivity index (χ1v) is 8.03. The molecule has 3 heteroatoms. The van der Waals surface area contributed by atoms with Crippen molar-refractivity contribution in [2.45, 2.75) is 45.2 Å². The molecule has 0 saturated carbocycles. The van der Waals surface area contributed by atoms with Gasteiger partial charge >= 0.3 is 0 Å². The summed E-state index contributed by atoms with van der Waals surface area (Å²) >= 11 is 3.73. The summed E-state index contributed by atoms with van der Waals surface area (Å²) in [5.74, 6) is 0. The number of para-hydroxylation sites is 1. The van der Waals surface area contributed by atoms with Crippen LogP contribution in [0.1, 0.15) is 31.4 Å². The second-order valence-electron chi connectivity index (χ2n) is 5.50. The van der Waals surface area contributed by atoms with Crippen molar-refractivity contribution in [1.29, 1.82) is 0 Å². The molecule has 2 heterocycles. The monoisotopic (exact) mass is 320 g/mol. The van der Waals surface area contributed by atoms with Crippen LogP contribution >= 0.6 is 15.9 Å². The van der Waals surface area contributed by atoms with Crippen LogP contribution in [0.25, 0.3) is 10.9 Å². The molecule has 1 aromatic heterocycles. The molecular weight excluding hydrogens is 300 g/mol. The molecule has 0 bridgehead atoms. The average Bonchev–Trinajstić information content (AvgIpc) is 2.71. The van der Waals surface area contributed by atoms with Gasteiger partial charge < -0.3 is 9.88 Å². The minimum absolute atomic E-state index is 0.702. The largest absolute Gasteiger partial charge is 0.344 e. The Balaban J connectivity index is 1.82. The van der Waals surface area contributed by atoms with E-state index in [2.05, 4.69) is 57.0 Å². The standard InChI is InChI=1S/C16H21BrN2/c1-12-16(17)14-7-2-3-8-15(14)19(12)11-9-13-6-4-5-10-18-13/h2-3,7-8,13,18H,4-6,9-11H2,1H3. The maximum absolute atomic E-state index is 3.73. The van der Waals surface area contributed by atoms with Crippen LogP contribution in [0.5, 0.6) is 0 Å². The van der Waals surface area contributed by atoms with E-state index in [0.717, 1.165) is 6.54 Å². The van der Waals surface area contributed by atoms with Crippen molar-refractivity contribution in [1.82, 2.24) is 9.88 Å². The van der Waals surface area contributed by atoms with E-state index in [0.29, 0.717) is 6.04 Å². The molecule has 0 aliphatic carbocycles. The molecule has 2 aromatic rings. The van der Waals surface area contributed by atoms with Gasteiger partial charge in [-0.3, -0.25) is 0 Å². The molecule has 19 heavy (non-hydrogen) atoms. The highest BCUT2D eigenvalue weighted by atomic mass is 79.9. The van der Waals surface area contributed by atoms with Crippen molar-refractivity contribution >= 4 is 26.8 Å². The fourth-order valence-corrected chi connectivity index (χ4v) is 3.68. The maximum Gasteiger partial charge on any atom is 0.0494 e. The summed E-state index contributed by atoms with van der Waals surface area (Å²) in [5, 5.41) is 4.97. The van der Waals surface area contributed by atoms with Gasteiger partial charge in [0.15, 0.2) is 0 Å². The summed E-state index contributed by atoms with van der Waals surface area (Å²) in [6.07, 6.45) is 5.28. The Bertz CT molecular complexity index is 567. The normalized spacial score (nSPS) is 20.0. The maximum atomic E-state index is 3.73. The van der Waals surface area contributed by atoms with Crippen molar-refractivity contribution in [3.63, 3.8) is 0 Å². The average molecular weight is 321 g/mol. The van der Waals surface area contributed by atoms with Crippen LogP contribution in [0.2, 0.25) is 0 Å². The van der Waals surface area contributed by atoms with Gasteiger partial charge in [0.25, 0.3) is 0 Å². The Hall–Kier alpha value is -0.800. The van der Waals surface area contributed by atoms with Gasteiger partial charge in [-0.25, -0.2) is 0 Å². The van der Waals surface area contributed by atoms with E-state index in [1.54, 1.807) is 0 Å². The van der Waals surface area contributed by atoms with E-state index in [4.69, 9.17) is 0 Å². The van der Waals surface area contributed by atoms with Gasteiger partial charge in [-0.1, -0.05) is 24.6 Å². The highest BCUT2D eigenvalue weighted by Crippen LogP contribution is 2.30. The van der Waals surface area contributed by atoms with Gasteiger partial charge in [0.2, 0.25) is 0 Å². The molecule has 1 aliphatic rings. The Labute approximate surface area is 123 Å². The molecule has 3 rings (SSSR count). The fourth-order valence-electron chi connectivity index (χ4n) is 3.13. The molecule has 1 N–H and O–H groups in total. The molecule has 0 spiro atoms. The first-order valence-electron chi connectivity index (χ1n) is 7.24. The fraction of sp³-hybridized carbons (Fsp3) is 0.500.